The Balaban J connectivity index is 1.60. The van der Waals surface area contributed by atoms with Crippen molar-refractivity contribution in [3.8, 4) is 5.75 Å². The number of halogens is 1. The number of ether oxygens (including phenoxy) is 1. The fourth-order valence-electron chi connectivity index (χ4n) is 3.52. The molecule has 1 fully saturated rings. The van der Waals surface area contributed by atoms with Gasteiger partial charge in [-0.05, 0) is 18.6 Å². The molecule has 1 saturated heterocycles. The van der Waals surface area contributed by atoms with Crippen LogP contribution in [0.2, 0.25) is 0 Å². The van der Waals surface area contributed by atoms with Crippen LogP contribution in [0, 0.1) is 0 Å². The number of anilines is 1. The van der Waals surface area contributed by atoms with Gasteiger partial charge in [-0.15, -0.1) is 0 Å². The van der Waals surface area contributed by atoms with Gasteiger partial charge in [0.15, 0.2) is 0 Å². The van der Waals surface area contributed by atoms with Crippen LogP contribution in [0.25, 0.3) is 0 Å². The maximum Gasteiger partial charge on any atom is 0.347 e. The molecule has 28 heavy (non-hydrogen) atoms. The van der Waals surface area contributed by atoms with Crippen molar-refractivity contribution >= 4 is 5.69 Å². The van der Waals surface area contributed by atoms with Crippen molar-refractivity contribution in [3.05, 3.63) is 51.3 Å². The van der Waals surface area contributed by atoms with Crippen LogP contribution < -0.4 is 20.9 Å². The van der Waals surface area contributed by atoms with Crippen LogP contribution in [0.15, 0.2) is 40.1 Å². The molecule has 3 rings (SSSR count). The maximum atomic E-state index is 13.7. The number of piperazine rings is 1. The summed E-state index contributed by atoms with van der Waals surface area (Å²) in [6, 6.07) is 7.59. The summed E-state index contributed by atoms with van der Waals surface area (Å²) in [7, 11) is 3.07. The average Bonchev–Trinajstić information content (AvgIpc) is 2.74. The van der Waals surface area contributed by atoms with Gasteiger partial charge in [-0.25, -0.2) is 13.9 Å². The van der Waals surface area contributed by atoms with E-state index in [4.69, 9.17) is 4.74 Å². The molecule has 1 aromatic heterocycles. The van der Waals surface area contributed by atoms with E-state index >= 15 is 0 Å². The summed E-state index contributed by atoms with van der Waals surface area (Å²) < 4.78 is 21.3. The van der Waals surface area contributed by atoms with E-state index in [1.807, 2.05) is 24.3 Å². The van der Waals surface area contributed by atoms with Gasteiger partial charge in [0.25, 0.3) is 5.56 Å². The third-order valence-corrected chi connectivity index (χ3v) is 5.25. The van der Waals surface area contributed by atoms with Crippen LogP contribution in [-0.2, 0) is 13.6 Å². The first kappa shape index (κ1) is 20.1. The highest BCUT2D eigenvalue weighted by Crippen LogP contribution is 2.28. The van der Waals surface area contributed by atoms with Gasteiger partial charge in [0.2, 0.25) is 0 Å². The molecule has 0 aliphatic carbocycles. The zero-order valence-electron chi connectivity index (χ0n) is 16.3. The second-order valence-electron chi connectivity index (χ2n) is 6.84. The number of aromatic nitrogens is 3. The van der Waals surface area contributed by atoms with E-state index in [9.17, 15) is 14.0 Å². The Hall–Kier alpha value is -2.68. The number of methoxy groups -OCH3 is 1. The molecule has 0 N–H and O–H groups in total. The number of aryl methyl sites for hydroxylation is 1. The summed E-state index contributed by atoms with van der Waals surface area (Å²) >= 11 is 0. The highest BCUT2D eigenvalue weighted by Gasteiger charge is 2.25. The Morgan fingerprint density at radius 1 is 1.18 bits per heavy atom. The fourth-order valence-corrected chi connectivity index (χ4v) is 3.52. The molecular weight excluding hydrogens is 365 g/mol. The summed E-state index contributed by atoms with van der Waals surface area (Å²) in [5.74, 6) is 0.832. The molecule has 2 heterocycles. The summed E-state index contributed by atoms with van der Waals surface area (Å²) in [5, 5.41) is 3.87. The predicted octanol–water partition coefficient (Wildman–Crippen LogP) is 0.501. The van der Waals surface area contributed by atoms with Crippen LogP contribution in [-0.4, -0.2) is 65.3 Å². The van der Waals surface area contributed by atoms with Crippen molar-refractivity contribution < 1.29 is 9.13 Å². The highest BCUT2D eigenvalue weighted by atomic mass is 19.1. The van der Waals surface area contributed by atoms with Gasteiger partial charge in [0.1, 0.15) is 18.6 Å². The monoisotopic (exact) mass is 391 g/mol. The third kappa shape index (κ3) is 4.24. The van der Waals surface area contributed by atoms with E-state index in [2.05, 4.69) is 14.9 Å². The van der Waals surface area contributed by atoms with Crippen molar-refractivity contribution in [2.45, 2.75) is 19.0 Å². The molecule has 1 atom stereocenters. The lowest BCUT2D eigenvalue weighted by Crippen LogP contribution is -2.51. The molecule has 0 bridgehead atoms. The van der Waals surface area contributed by atoms with Gasteiger partial charge in [0.05, 0.1) is 12.8 Å². The predicted molar refractivity (Wildman–Crippen MR) is 105 cm³/mol. The lowest BCUT2D eigenvalue weighted by molar-refractivity contribution is 0.142. The number of benzene rings is 1. The zero-order chi connectivity index (χ0) is 20.1. The zero-order valence-corrected chi connectivity index (χ0v) is 16.3. The molecule has 2 aromatic rings. The minimum atomic E-state index is -0.491. The SMILES string of the molecule is COc1ccccc1N1CCN(C(CF)CCn2ncc(=O)n(C)c2=O)CC1. The molecule has 152 valence electrons. The third-order valence-electron chi connectivity index (χ3n) is 5.25. The molecular formula is C19H26FN5O3. The van der Waals surface area contributed by atoms with Gasteiger partial charge in [-0.1, -0.05) is 12.1 Å². The second-order valence-corrected chi connectivity index (χ2v) is 6.84. The van der Waals surface area contributed by atoms with Crippen LogP contribution in [0.3, 0.4) is 0 Å². The molecule has 0 radical (unpaired) electrons. The van der Waals surface area contributed by atoms with Crippen molar-refractivity contribution in [2.75, 3.05) is 44.9 Å². The van der Waals surface area contributed by atoms with E-state index < -0.39 is 17.9 Å². The lowest BCUT2D eigenvalue weighted by Gasteiger charge is -2.39. The van der Waals surface area contributed by atoms with Crippen molar-refractivity contribution in [2.24, 2.45) is 7.05 Å². The number of hydrogen-bond acceptors (Lipinski definition) is 6. The van der Waals surface area contributed by atoms with E-state index in [1.165, 1.54) is 11.7 Å². The minimum absolute atomic E-state index is 0.272. The van der Waals surface area contributed by atoms with Crippen LogP contribution >= 0.6 is 0 Å². The van der Waals surface area contributed by atoms with E-state index in [0.717, 1.165) is 48.4 Å². The van der Waals surface area contributed by atoms with Crippen LogP contribution in [0.5, 0.6) is 5.75 Å². The van der Waals surface area contributed by atoms with Gasteiger partial charge in [-0.2, -0.15) is 5.10 Å². The van der Waals surface area contributed by atoms with E-state index in [-0.39, 0.29) is 12.6 Å². The normalized spacial score (nSPS) is 16.2. The molecule has 0 amide bonds. The van der Waals surface area contributed by atoms with Crippen molar-refractivity contribution in [1.29, 1.82) is 0 Å². The Kier molecular flexibility index (Phi) is 6.45. The Bertz CT molecular complexity index is 905. The summed E-state index contributed by atoms with van der Waals surface area (Å²) in [5.41, 5.74) is 0.115. The number of nitrogens with zero attached hydrogens (tertiary/aromatic N) is 5. The van der Waals surface area contributed by atoms with Gasteiger partial charge >= 0.3 is 5.69 Å². The molecule has 9 heteroatoms. The van der Waals surface area contributed by atoms with Gasteiger partial charge in [0, 0.05) is 45.8 Å². The second kappa shape index (κ2) is 9.01. The van der Waals surface area contributed by atoms with Crippen LogP contribution in [0.1, 0.15) is 6.42 Å². The van der Waals surface area contributed by atoms with E-state index in [0.29, 0.717) is 6.42 Å². The molecule has 1 aromatic carbocycles. The fraction of sp³-hybridized carbons (Fsp3) is 0.526. The van der Waals surface area contributed by atoms with Crippen molar-refractivity contribution in [1.82, 2.24) is 19.2 Å². The quantitative estimate of drug-likeness (QED) is 0.685. The number of rotatable bonds is 7. The first-order valence-electron chi connectivity index (χ1n) is 9.36. The largest absolute Gasteiger partial charge is 0.495 e. The van der Waals surface area contributed by atoms with Crippen LogP contribution in [0.4, 0.5) is 10.1 Å². The summed E-state index contributed by atoms with van der Waals surface area (Å²) in [6.45, 7) is 2.78. The molecule has 0 spiro atoms. The number of hydrogen-bond donors (Lipinski definition) is 0. The smallest absolute Gasteiger partial charge is 0.347 e. The Morgan fingerprint density at radius 3 is 2.57 bits per heavy atom. The molecule has 1 unspecified atom stereocenters. The van der Waals surface area contributed by atoms with Crippen molar-refractivity contribution in [3.63, 3.8) is 0 Å². The highest BCUT2D eigenvalue weighted by molar-refractivity contribution is 5.58. The summed E-state index contributed by atoms with van der Waals surface area (Å²) in [4.78, 5) is 27.8. The first-order valence-corrected chi connectivity index (χ1v) is 9.36. The Labute approximate surface area is 162 Å². The first-order chi connectivity index (χ1) is 13.5. The van der Waals surface area contributed by atoms with E-state index in [1.54, 1.807) is 7.11 Å². The molecule has 1 aliphatic rings. The maximum absolute atomic E-state index is 13.7. The molecule has 1 aliphatic heterocycles. The van der Waals surface area contributed by atoms with Gasteiger partial charge < -0.3 is 9.64 Å². The Morgan fingerprint density at radius 2 is 1.89 bits per heavy atom. The number of para-hydroxylation sites is 2. The average molecular weight is 391 g/mol. The summed E-state index contributed by atoms with van der Waals surface area (Å²) in [6.07, 6.45) is 1.56. The topological polar surface area (TPSA) is 72.6 Å². The lowest BCUT2D eigenvalue weighted by atomic mass is 10.1. The molecule has 8 nitrogen and oxygen atoms in total. The standard InChI is InChI=1S/C19H26FN5O3/c1-22-18(26)14-21-25(19(22)27)8-7-15(13-20)23-9-11-24(12-10-23)16-5-3-4-6-17(16)28-2/h3-6,14-15H,7-13H2,1-2H3. The molecule has 0 saturated carbocycles. The minimum Gasteiger partial charge on any atom is -0.495 e. The number of alkyl halides is 1. The van der Waals surface area contributed by atoms with Gasteiger partial charge in [-0.3, -0.25) is 14.3 Å².